The van der Waals surface area contributed by atoms with E-state index in [9.17, 15) is 4.39 Å². The monoisotopic (exact) mass is 235 g/mol. The molecule has 0 spiro atoms. The van der Waals surface area contributed by atoms with Crippen molar-refractivity contribution < 1.29 is 4.39 Å². The fourth-order valence-electron chi connectivity index (χ4n) is 2.92. The Hall–Kier alpha value is -1.05. The van der Waals surface area contributed by atoms with Gasteiger partial charge in [-0.3, -0.25) is 0 Å². The third-order valence-corrected chi connectivity index (χ3v) is 3.83. The summed E-state index contributed by atoms with van der Waals surface area (Å²) in [7, 11) is 0. The van der Waals surface area contributed by atoms with Crippen molar-refractivity contribution in [2.45, 2.75) is 52.0 Å². The molecule has 2 rings (SSSR count). The maximum absolute atomic E-state index is 13.3. The van der Waals surface area contributed by atoms with Crippen LogP contribution in [0.1, 0.15) is 44.6 Å². The van der Waals surface area contributed by atoms with Crippen LogP contribution in [0.5, 0.6) is 0 Å². The summed E-state index contributed by atoms with van der Waals surface area (Å²) in [4.78, 5) is 0. The Labute approximate surface area is 103 Å². The summed E-state index contributed by atoms with van der Waals surface area (Å²) in [5.41, 5.74) is 1.92. The van der Waals surface area contributed by atoms with Gasteiger partial charge in [-0.25, -0.2) is 4.39 Å². The lowest BCUT2D eigenvalue weighted by molar-refractivity contribution is 0.317. The van der Waals surface area contributed by atoms with Crippen LogP contribution in [0, 0.1) is 18.7 Å². The molecule has 2 heteroatoms. The summed E-state index contributed by atoms with van der Waals surface area (Å²) in [5, 5.41) is 3.52. The highest BCUT2D eigenvalue weighted by Gasteiger charge is 2.23. The number of nitrogens with one attached hydrogen (secondary N) is 1. The molecule has 94 valence electrons. The molecule has 0 amide bonds. The standard InChI is InChI=1S/C15H22FN/c1-3-12-6-4-5-7-15(12)17-14-9-11(2)8-13(16)10-14/h8-10,12,15,17H,3-7H2,1-2H3. The zero-order valence-corrected chi connectivity index (χ0v) is 10.8. The van der Waals surface area contributed by atoms with Gasteiger partial charge in [0.2, 0.25) is 0 Å². The topological polar surface area (TPSA) is 12.0 Å². The van der Waals surface area contributed by atoms with Gasteiger partial charge in [-0.15, -0.1) is 0 Å². The number of halogens is 1. The van der Waals surface area contributed by atoms with E-state index in [-0.39, 0.29) is 5.82 Å². The normalized spacial score (nSPS) is 24.6. The first-order chi connectivity index (χ1) is 8.19. The Morgan fingerprint density at radius 1 is 1.24 bits per heavy atom. The number of rotatable bonds is 3. The lowest BCUT2D eigenvalue weighted by Gasteiger charge is -2.32. The Kier molecular flexibility index (Phi) is 4.03. The lowest BCUT2D eigenvalue weighted by atomic mass is 9.83. The molecule has 0 aromatic heterocycles. The third kappa shape index (κ3) is 3.21. The first-order valence-corrected chi connectivity index (χ1v) is 6.72. The number of hydrogen-bond acceptors (Lipinski definition) is 1. The summed E-state index contributed by atoms with van der Waals surface area (Å²) in [5.74, 6) is 0.601. The van der Waals surface area contributed by atoms with Crippen LogP contribution in [-0.4, -0.2) is 6.04 Å². The predicted molar refractivity (Wildman–Crippen MR) is 70.8 cm³/mol. The zero-order valence-electron chi connectivity index (χ0n) is 10.8. The minimum absolute atomic E-state index is 0.142. The molecule has 0 radical (unpaired) electrons. The van der Waals surface area contributed by atoms with Crippen molar-refractivity contribution in [1.82, 2.24) is 0 Å². The second kappa shape index (κ2) is 5.52. The second-order valence-electron chi connectivity index (χ2n) is 5.22. The molecular weight excluding hydrogens is 213 g/mol. The van der Waals surface area contributed by atoms with E-state index < -0.39 is 0 Å². The van der Waals surface area contributed by atoms with Crippen LogP contribution in [0.4, 0.5) is 10.1 Å². The Bertz CT molecular complexity index is 355. The molecule has 0 heterocycles. The Balaban J connectivity index is 2.08. The summed E-state index contributed by atoms with van der Waals surface area (Å²) < 4.78 is 13.3. The summed E-state index contributed by atoms with van der Waals surface area (Å²) in [6, 6.07) is 5.73. The first-order valence-electron chi connectivity index (χ1n) is 6.72. The van der Waals surface area contributed by atoms with Crippen LogP contribution >= 0.6 is 0 Å². The Morgan fingerprint density at radius 2 is 2.00 bits per heavy atom. The highest BCUT2D eigenvalue weighted by Crippen LogP contribution is 2.29. The molecule has 0 bridgehead atoms. The van der Waals surface area contributed by atoms with E-state index in [0.29, 0.717) is 6.04 Å². The molecular formula is C15H22FN. The fraction of sp³-hybridized carbons (Fsp3) is 0.600. The van der Waals surface area contributed by atoms with Gasteiger partial charge < -0.3 is 5.32 Å². The van der Waals surface area contributed by atoms with E-state index in [0.717, 1.165) is 17.2 Å². The fourth-order valence-corrected chi connectivity index (χ4v) is 2.92. The van der Waals surface area contributed by atoms with Gasteiger partial charge in [-0.2, -0.15) is 0 Å². The van der Waals surface area contributed by atoms with Crippen LogP contribution in [0.15, 0.2) is 18.2 Å². The molecule has 2 unspecified atom stereocenters. The molecule has 0 aliphatic heterocycles. The van der Waals surface area contributed by atoms with Gasteiger partial charge in [0, 0.05) is 11.7 Å². The van der Waals surface area contributed by atoms with Crippen LogP contribution in [0.2, 0.25) is 0 Å². The van der Waals surface area contributed by atoms with E-state index >= 15 is 0 Å². The molecule has 1 aromatic rings. The minimum Gasteiger partial charge on any atom is -0.382 e. The summed E-state index contributed by atoms with van der Waals surface area (Å²) in [6.45, 7) is 4.19. The SMILES string of the molecule is CCC1CCCCC1Nc1cc(C)cc(F)c1. The van der Waals surface area contributed by atoms with Gasteiger partial charge in [0.15, 0.2) is 0 Å². The van der Waals surface area contributed by atoms with Gasteiger partial charge in [-0.05, 0) is 49.4 Å². The van der Waals surface area contributed by atoms with Gasteiger partial charge in [-0.1, -0.05) is 26.2 Å². The van der Waals surface area contributed by atoms with Gasteiger partial charge in [0.25, 0.3) is 0 Å². The zero-order chi connectivity index (χ0) is 12.3. The van der Waals surface area contributed by atoms with Crippen molar-refractivity contribution in [1.29, 1.82) is 0 Å². The van der Waals surface area contributed by atoms with Gasteiger partial charge in [0.05, 0.1) is 0 Å². The van der Waals surface area contributed by atoms with Gasteiger partial charge in [0.1, 0.15) is 5.82 Å². The third-order valence-electron chi connectivity index (χ3n) is 3.83. The molecule has 1 N–H and O–H groups in total. The van der Waals surface area contributed by atoms with Crippen LogP contribution in [0.25, 0.3) is 0 Å². The number of hydrogen-bond donors (Lipinski definition) is 1. The van der Waals surface area contributed by atoms with E-state index in [2.05, 4.69) is 12.2 Å². The average molecular weight is 235 g/mol. The minimum atomic E-state index is -0.142. The molecule has 2 atom stereocenters. The molecule has 1 nitrogen and oxygen atoms in total. The van der Waals surface area contributed by atoms with Crippen molar-refractivity contribution in [2.24, 2.45) is 5.92 Å². The highest BCUT2D eigenvalue weighted by atomic mass is 19.1. The van der Waals surface area contributed by atoms with Crippen LogP contribution in [-0.2, 0) is 0 Å². The molecule has 1 aromatic carbocycles. The molecule has 0 saturated heterocycles. The van der Waals surface area contributed by atoms with E-state index in [1.165, 1.54) is 32.1 Å². The molecule has 1 aliphatic rings. The maximum atomic E-state index is 13.3. The molecule has 1 aliphatic carbocycles. The average Bonchev–Trinajstić information content (AvgIpc) is 2.28. The number of benzene rings is 1. The summed E-state index contributed by atoms with van der Waals surface area (Å²) >= 11 is 0. The van der Waals surface area contributed by atoms with Crippen molar-refractivity contribution >= 4 is 5.69 Å². The predicted octanol–water partition coefficient (Wildman–Crippen LogP) is 4.51. The van der Waals surface area contributed by atoms with E-state index in [1.54, 1.807) is 12.1 Å². The van der Waals surface area contributed by atoms with Crippen molar-refractivity contribution in [3.63, 3.8) is 0 Å². The molecule has 1 fully saturated rings. The smallest absolute Gasteiger partial charge is 0.125 e. The van der Waals surface area contributed by atoms with Crippen molar-refractivity contribution in [2.75, 3.05) is 5.32 Å². The highest BCUT2D eigenvalue weighted by molar-refractivity contribution is 5.47. The first kappa shape index (κ1) is 12.4. The maximum Gasteiger partial charge on any atom is 0.125 e. The van der Waals surface area contributed by atoms with Gasteiger partial charge >= 0.3 is 0 Å². The largest absolute Gasteiger partial charge is 0.382 e. The second-order valence-corrected chi connectivity index (χ2v) is 5.22. The molecule has 17 heavy (non-hydrogen) atoms. The van der Waals surface area contributed by atoms with Crippen LogP contribution < -0.4 is 5.32 Å². The Morgan fingerprint density at radius 3 is 2.71 bits per heavy atom. The number of anilines is 1. The van der Waals surface area contributed by atoms with Crippen molar-refractivity contribution in [3.8, 4) is 0 Å². The van der Waals surface area contributed by atoms with Crippen molar-refractivity contribution in [3.05, 3.63) is 29.6 Å². The lowest BCUT2D eigenvalue weighted by Crippen LogP contribution is -2.31. The van der Waals surface area contributed by atoms with Crippen LogP contribution in [0.3, 0.4) is 0 Å². The summed E-state index contributed by atoms with van der Waals surface area (Å²) in [6.07, 6.45) is 6.38. The van der Waals surface area contributed by atoms with E-state index in [1.807, 2.05) is 13.0 Å². The molecule has 1 saturated carbocycles. The number of aryl methyl sites for hydroxylation is 1. The quantitative estimate of drug-likeness (QED) is 0.812. The van der Waals surface area contributed by atoms with E-state index in [4.69, 9.17) is 0 Å².